The number of halogens is 3. The third-order valence-corrected chi connectivity index (χ3v) is 6.32. The van der Waals surface area contributed by atoms with Crippen molar-refractivity contribution in [2.75, 3.05) is 46.4 Å². The molecule has 2 N–H and O–H groups in total. The second-order valence-electron chi connectivity index (χ2n) is 8.76. The second-order valence-corrected chi connectivity index (χ2v) is 8.76. The summed E-state index contributed by atoms with van der Waals surface area (Å²) in [5.41, 5.74) is 0.0732. The molecular formula is C24H32F3N5O4. The van der Waals surface area contributed by atoms with Crippen molar-refractivity contribution in [2.45, 2.75) is 39.0 Å². The van der Waals surface area contributed by atoms with Crippen molar-refractivity contribution in [3.63, 3.8) is 0 Å². The summed E-state index contributed by atoms with van der Waals surface area (Å²) in [5, 5.41) is 5.50. The number of nitrogens with zero attached hydrogens (tertiary/aromatic N) is 3. The summed E-state index contributed by atoms with van der Waals surface area (Å²) in [4.78, 5) is 43.3. The first-order chi connectivity index (χ1) is 17.0. The van der Waals surface area contributed by atoms with Crippen LogP contribution in [0.5, 0.6) is 0 Å². The van der Waals surface area contributed by atoms with E-state index in [1.54, 1.807) is 11.8 Å². The molecule has 4 amide bonds. The molecule has 2 aliphatic heterocycles. The van der Waals surface area contributed by atoms with Crippen molar-refractivity contribution in [3.8, 4) is 0 Å². The number of ether oxygens (including phenoxy) is 1. The van der Waals surface area contributed by atoms with Gasteiger partial charge in [-0.15, -0.1) is 0 Å². The molecule has 0 aliphatic carbocycles. The summed E-state index contributed by atoms with van der Waals surface area (Å²) >= 11 is 0. The van der Waals surface area contributed by atoms with E-state index in [1.807, 2.05) is 18.7 Å². The van der Waals surface area contributed by atoms with Crippen LogP contribution >= 0.6 is 0 Å². The predicted octanol–water partition coefficient (Wildman–Crippen LogP) is 2.95. The smallest absolute Gasteiger partial charge is 0.416 e. The molecule has 0 bridgehead atoms. The number of urea groups is 2. The average molecular weight is 512 g/mol. The van der Waals surface area contributed by atoms with Crippen LogP contribution in [0.25, 0.3) is 0 Å². The quantitative estimate of drug-likeness (QED) is 0.573. The number of esters is 1. The minimum Gasteiger partial charge on any atom is -0.463 e. The molecule has 9 nitrogen and oxygen atoms in total. The molecule has 2 heterocycles. The maximum Gasteiger partial charge on any atom is 0.416 e. The molecule has 1 aromatic rings. The minimum atomic E-state index is -4.51. The first kappa shape index (κ1) is 27.3. The highest BCUT2D eigenvalue weighted by molar-refractivity contribution is 5.95. The zero-order valence-corrected chi connectivity index (χ0v) is 20.8. The Kier molecular flexibility index (Phi) is 8.49. The Morgan fingerprint density at radius 1 is 1.17 bits per heavy atom. The molecule has 0 unspecified atom stereocenters. The molecule has 36 heavy (non-hydrogen) atoms. The van der Waals surface area contributed by atoms with Crippen LogP contribution in [0.3, 0.4) is 0 Å². The van der Waals surface area contributed by atoms with Crippen LogP contribution in [0.1, 0.15) is 37.9 Å². The number of nitrogens with one attached hydrogen (secondary N) is 2. The van der Waals surface area contributed by atoms with E-state index in [1.165, 1.54) is 24.1 Å². The lowest BCUT2D eigenvalue weighted by Crippen LogP contribution is -2.57. The van der Waals surface area contributed by atoms with Crippen LogP contribution in [0.15, 0.2) is 35.5 Å². The van der Waals surface area contributed by atoms with Gasteiger partial charge in [-0.3, -0.25) is 9.80 Å². The summed E-state index contributed by atoms with van der Waals surface area (Å²) in [7, 11) is 1.53. The Labute approximate surface area is 208 Å². The molecule has 0 aromatic heterocycles. The lowest BCUT2D eigenvalue weighted by atomic mass is 9.93. The number of hydrogen-bond acceptors (Lipinski definition) is 5. The second kappa shape index (κ2) is 11.2. The van der Waals surface area contributed by atoms with E-state index in [9.17, 15) is 27.6 Å². The van der Waals surface area contributed by atoms with Gasteiger partial charge in [0.2, 0.25) is 0 Å². The highest BCUT2D eigenvalue weighted by Crippen LogP contribution is 2.34. The topological polar surface area (TPSA) is 94.2 Å². The van der Waals surface area contributed by atoms with E-state index >= 15 is 0 Å². The molecule has 12 heteroatoms. The van der Waals surface area contributed by atoms with Gasteiger partial charge in [0.1, 0.15) is 0 Å². The first-order valence-corrected chi connectivity index (χ1v) is 11.9. The van der Waals surface area contributed by atoms with Crippen molar-refractivity contribution in [3.05, 3.63) is 46.7 Å². The molecule has 2 atom stereocenters. The van der Waals surface area contributed by atoms with E-state index in [0.29, 0.717) is 37.4 Å². The summed E-state index contributed by atoms with van der Waals surface area (Å²) in [6, 6.07) is 2.63. The number of carbonyl (C=O) groups excluding carboxylic acids is 3. The Morgan fingerprint density at radius 3 is 2.39 bits per heavy atom. The van der Waals surface area contributed by atoms with E-state index in [-0.39, 0.29) is 30.8 Å². The van der Waals surface area contributed by atoms with E-state index in [0.717, 1.165) is 12.1 Å². The lowest BCUT2D eigenvalue weighted by molar-refractivity contribution is -0.139. The molecule has 198 valence electrons. The van der Waals surface area contributed by atoms with Crippen LogP contribution in [-0.4, -0.2) is 85.2 Å². The number of hydrogen-bond donors (Lipinski definition) is 2. The summed E-state index contributed by atoms with van der Waals surface area (Å²) in [6.45, 7) is 7.75. The Hall–Kier alpha value is -3.28. The van der Waals surface area contributed by atoms with Crippen LogP contribution in [-0.2, 0) is 15.7 Å². The fourth-order valence-electron chi connectivity index (χ4n) is 4.46. The van der Waals surface area contributed by atoms with Gasteiger partial charge >= 0.3 is 24.2 Å². The normalized spacial score (nSPS) is 21.4. The molecule has 3 rings (SSSR count). The number of likely N-dealkylation sites (N-methyl/N-ethyl adjacent to an activating group) is 1. The SMILES string of the molecule is CCNC(=O)N1CCN(CC2=C(C(=O)OCC)[C@@H](c3ccc(C(F)(F)F)cc3)NC(=O)N2C)C[C@@H]1C. The van der Waals surface area contributed by atoms with Crippen molar-refractivity contribution in [1.29, 1.82) is 0 Å². The van der Waals surface area contributed by atoms with Gasteiger partial charge in [-0.2, -0.15) is 13.2 Å². The monoisotopic (exact) mass is 511 g/mol. The summed E-state index contributed by atoms with van der Waals surface area (Å²) in [5.74, 6) is -0.654. The molecule has 1 saturated heterocycles. The Morgan fingerprint density at radius 2 is 1.83 bits per heavy atom. The van der Waals surface area contributed by atoms with Crippen molar-refractivity contribution < 1.29 is 32.3 Å². The molecule has 1 fully saturated rings. The third kappa shape index (κ3) is 5.92. The van der Waals surface area contributed by atoms with Gasteiger partial charge in [-0.25, -0.2) is 14.4 Å². The molecule has 0 saturated carbocycles. The van der Waals surface area contributed by atoms with Gasteiger partial charge < -0.3 is 20.3 Å². The fourth-order valence-corrected chi connectivity index (χ4v) is 4.46. The largest absolute Gasteiger partial charge is 0.463 e. The molecule has 0 radical (unpaired) electrons. The van der Waals surface area contributed by atoms with Gasteiger partial charge in [0.25, 0.3) is 0 Å². The van der Waals surface area contributed by atoms with E-state index < -0.39 is 29.8 Å². The number of benzene rings is 1. The average Bonchev–Trinajstić information content (AvgIpc) is 2.81. The number of alkyl halides is 3. The third-order valence-electron chi connectivity index (χ3n) is 6.32. The zero-order chi connectivity index (χ0) is 26.6. The van der Waals surface area contributed by atoms with Crippen molar-refractivity contribution >= 4 is 18.0 Å². The van der Waals surface area contributed by atoms with E-state index in [4.69, 9.17) is 4.74 Å². The van der Waals surface area contributed by atoms with Crippen LogP contribution in [0, 0.1) is 0 Å². The number of rotatable bonds is 6. The highest BCUT2D eigenvalue weighted by Gasteiger charge is 2.39. The van der Waals surface area contributed by atoms with Gasteiger partial charge in [-0.05, 0) is 38.5 Å². The van der Waals surface area contributed by atoms with Gasteiger partial charge in [-0.1, -0.05) is 12.1 Å². The highest BCUT2D eigenvalue weighted by atomic mass is 19.4. The Balaban J connectivity index is 1.94. The number of amides is 4. The van der Waals surface area contributed by atoms with E-state index in [2.05, 4.69) is 10.6 Å². The maximum atomic E-state index is 13.1. The molecule has 0 spiro atoms. The maximum absolute atomic E-state index is 13.1. The number of piperazine rings is 1. The zero-order valence-electron chi connectivity index (χ0n) is 20.8. The standard InChI is InChI=1S/C24H32F3N5O4/c1-5-28-22(34)32-12-11-31(13-15(32)3)14-18-19(21(33)36-6-2)20(29-23(35)30(18)4)16-7-9-17(10-8-16)24(25,26)27/h7-10,15,20H,5-6,11-14H2,1-4H3,(H,28,34)(H,29,35)/t15-,20+/m0/s1. The first-order valence-electron chi connectivity index (χ1n) is 11.9. The van der Waals surface area contributed by atoms with Crippen LogP contribution < -0.4 is 10.6 Å². The van der Waals surface area contributed by atoms with Crippen LogP contribution in [0.2, 0.25) is 0 Å². The molecule has 2 aliphatic rings. The van der Waals surface area contributed by atoms with Gasteiger partial charge in [0.15, 0.2) is 0 Å². The fraction of sp³-hybridized carbons (Fsp3) is 0.542. The lowest BCUT2D eigenvalue weighted by Gasteiger charge is -2.42. The van der Waals surface area contributed by atoms with Gasteiger partial charge in [0, 0.05) is 51.5 Å². The summed E-state index contributed by atoms with van der Waals surface area (Å²) in [6.07, 6.45) is -4.51. The summed E-state index contributed by atoms with van der Waals surface area (Å²) < 4.78 is 44.5. The molecular weight excluding hydrogens is 479 g/mol. The van der Waals surface area contributed by atoms with Crippen molar-refractivity contribution in [2.24, 2.45) is 0 Å². The number of carbonyl (C=O) groups is 3. The Bertz CT molecular complexity index is 1010. The van der Waals surface area contributed by atoms with Gasteiger partial charge in [0.05, 0.1) is 23.8 Å². The molecule has 1 aromatic carbocycles. The van der Waals surface area contributed by atoms with Crippen molar-refractivity contribution in [1.82, 2.24) is 25.3 Å². The minimum absolute atomic E-state index is 0.0925. The predicted molar refractivity (Wildman–Crippen MR) is 126 cm³/mol. The van der Waals surface area contributed by atoms with Crippen LogP contribution in [0.4, 0.5) is 22.8 Å².